The lowest BCUT2D eigenvalue weighted by Gasteiger charge is -2.29. The largest absolute Gasteiger partial charge is 0.423 e. The van der Waals surface area contributed by atoms with Crippen LogP contribution >= 0.6 is 0 Å². The van der Waals surface area contributed by atoms with Crippen molar-refractivity contribution in [1.82, 2.24) is 0 Å². The summed E-state index contributed by atoms with van der Waals surface area (Å²) in [6.07, 6.45) is 8.55. The number of hydrogen-bond donors (Lipinski definition) is 0. The number of esters is 1. The van der Waals surface area contributed by atoms with Crippen LogP contribution in [0.1, 0.15) is 80.1 Å². The summed E-state index contributed by atoms with van der Waals surface area (Å²) >= 11 is 0. The first kappa shape index (κ1) is 25.1. The Balaban J connectivity index is 1.47. The van der Waals surface area contributed by atoms with Crippen LogP contribution in [0.5, 0.6) is 5.75 Å². The van der Waals surface area contributed by atoms with Gasteiger partial charge in [-0.25, -0.2) is 26.7 Å². The van der Waals surface area contributed by atoms with Crippen molar-refractivity contribution in [2.45, 2.75) is 64.2 Å². The smallest absolute Gasteiger partial charge is 0.349 e. The van der Waals surface area contributed by atoms with Crippen LogP contribution in [0, 0.1) is 35.0 Å². The van der Waals surface area contributed by atoms with E-state index in [0.29, 0.717) is 11.5 Å². The highest BCUT2D eigenvalue weighted by atomic mass is 19.2. The summed E-state index contributed by atoms with van der Waals surface area (Å²) in [4.78, 5) is 12.5. The van der Waals surface area contributed by atoms with Gasteiger partial charge < -0.3 is 4.74 Å². The highest BCUT2D eigenvalue weighted by Crippen LogP contribution is 2.38. The number of ether oxygens (including phenoxy) is 1. The van der Waals surface area contributed by atoms with Gasteiger partial charge in [0.05, 0.1) is 0 Å². The van der Waals surface area contributed by atoms with Crippen molar-refractivity contribution in [1.29, 1.82) is 0 Å². The number of benzene rings is 3. The quantitative estimate of drug-likeness (QED) is 0.109. The molecule has 7 heteroatoms. The van der Waals surface area contributed by atoms with E-state index in [4.69, 9.17) is 4.74 Å². The summed E-state index contributed by atoms with van der Waals surface area (Å²) in [6.45, 7) is 2.17. The van der Waals surface area contributed by atoms with Crippen LogP contribution in [-0.2, 0) is 0 Å². The molecule has 0 saturated heterocycles. The predicted molar refractivity (Wildman–Crippen MR) is 124 cm³/mol. The summed E-state index contributed by atoms with van der Waals surface area (Å²) < 4.78 is 75.5. The second-order valence-corrected chi connectivity index (χ2v) is 9.33. The van der Waals surface area contributed by atoms with Gasteiger partial charge in [0.1, 0.15) is 22.9 Å². The molecule has 4 rings (SSSR count). The number of carbonyl (C=O) groups excluding carboxylic acids is 1. The fourth-order valence-corrected chi connectivity index (χ4v) is 5.00. The van der Waals surface area contributed by atoms with Crippen LogP contribution in [0.4, 0.5) is 22.0 Å². The van der Waals surface area contributed by atoms with Gasteiger partial charge in [0.15, 0.2) is 17.5 Å². The van der Waals surface area contributed by atoms with E-state index in [1.165, 1.54) is 37.8 Å². The van der Waals surface area contributed by atoms with Gasteiger partial charge in [-0.05, 0) is 84.9 Å². The van der Waals surface area contributed by atoms with Gasteiger partial charge in [-0.1, -0.05) is 32.6 Å². The molecule has 0 N–H and O–H groups in total. The van der Waals surface area contributed by atoms with E-state index in [1.54, 1.807) is 0 Å². The van der Waals surface area contributed by atoms with Crippen molar-refractivity contribution in [3.05, 3.63) is 76.6 Å². The average Bonchev–Trinajstić information content (AvgIpc) is 2.82. The van der Waals surface area contributed by atoms with E-state index >= 15 is 0 Å². The fraction of sp³-hybridized carbons (Fsp3) is 0.393. The van der Waals surface area contributed by atoms with Crippen LogP contribution in [-0.4, -0.2) is 5.97 Å². The van der Waals surface area contributed by atoms with Gasteiger partial charge in [-0.15, -0.1) is 0 Å². The van der Waals surface area contributed by atoms with Crippen molar-refractivity contribution < 1.29 is 31.5 Å². The number of unbranched alkanes of at least 4 members (excludes halogenated alkanes) is 2. The van der Waals surface area contributed by atoms with Gasteiger partial charge in [-0.2, -0.15) is 0 Å². The minimum atomic E-state index is -1.61. The number of halogens is 5. The Hall–Kier alpha value is -2.96. The van der Waals surface area contributed by atoms with Gasteiger partial charge in [-0.3, -0.25) is 0 Å². The van der Waals surface area contributed by atoms with Gasteiger partial charge >= 0.3 is 5.97 Å². The van der Waals surface area contributed by atoms with Crippen LogP contribution < -0.4 is 4.74 Å². The SMILES string of the molecule is CCCCCC1CCC(c2cc(F)c(C(=O)Oc3ccc4c(F)c(F)c(F)cc4c3)c(F)c2)CC1. The van der Waals surface area contributed by atoms with E-state index in [0.717, 1.165) is 49.9 Å². The fourth-order valence-electron chi connectivity index (χ4n) is 5.00. The Kier molecular flexibility index (Phi) is 7.72. The Labute approximate surface area is 201 Å². The Morgan fingerprint density at radius 3 is 2.20 bits per heavy atom. The topological polar surface area (TPSA) is 26.3 Å². The van der Waals surface area contributed by atoms with Gasteiger partial charge in [0, 0.05) is 5.39 Å². The molecule has 0 aliphatic heterocycles. The van der Waals surface area contributed by atoms with E-state index in [1.807, 2.05) is 0 Å². The first-order valence-electron chi connectivity index (χ1n) is 12.1. The molecule has 0 atom stereocenters. The molecule has 0 radical (unpaired) electrons. The maximum Gasteiger partial charge on any atom is 0.349 e. The maximum absolute atomic E-state index is 14.8. The molecule has 3 aromatic carbocycles. The predicted octanol–water partition coefficient (Wildman–Crippen LogP) is 8.61. The molecule has 0 aromatic heterocycles. The number of rotatable bonds is 7. The maximum atomic E-state index is 14.8. The second-order valence-electron chi connectivity index (χ2n) is 9.33. The molecule has 0 heterocycles. The summed E-state index contributed by atoms with van der Waals surface area (Å²) in [5, 5.41) is -0.279. The second kappa shape index (κ2) is 10.8. The normalized spacial score (nSPS) is 18.1. The first-order valence-corrected chi connectivity index (χ1v) is 12.1. The summed E-state index contributed by atoms with van der Waals surface area (Å²) in [6, 6.07) is 6.47. The Morgan fingerprint density at radius 1 is 0.857 bits per heavy atom. The summed E-state index contributed by atoms with van der Waals surface area (Å²) in [5.74, 6) is -7.19. The molecular formula is C28H27F5O2. The molecule has 3 aromatic rings. The van der Waals surface area contributed by atoms with Crippen LogP contribution in [0.25, 0.3) is 10.8 Å². The van der Waals surface area contributed by atoms with Crippen LogP contribution in [0.2, 0.25) is 0 Å². The average molecular weight is 491 g/mol. The zero-order valence-corrected chi connectivity index (χ0v) is 19.5. The third-order valence-corrected chi connectivity index (χ3v) is 6.96. The number of carbonyl (C=O) groups is 1. The van der Waals surface area contributed by atoms with Gasteiger partial charge in [0.2, 0.25) is 0 Å². The van der Waals surface area contributed by atoms with Crippen molar-refractivity contribution in [3.63, 3.8) is 0 Å². The van der Waals surface area contributed by atoms with Gasteiger partial charge in [0.25, 0.3) is 0 Å². The minimum Gasteiger partial charge on any atom is -0.423 e. The molecule has 2 nitrogen and oxygen atoms in total. The third kappa shape index (κ3) is 5.49. The Morgan fingerprint density at radius 2 is 1.54 bits per heavy atom. The molecule has 1 fully saturated rings. The monoisotopic (exact) mass is 490 g/mol. The molecule has 0 spiro atoms. The number of hydrogen-bond acceptors (Lipinski definition) is 2. The zero-order valence-electron chi connectivity index (χ0n) is 19.5. The number of fused-ring (bicyclic) bond motifs is 1. The molecule has 1 aliphatic carbocycles. The lowest BCUT2D eigenvalue weighted by Crippen LogP contribution is -2.16. The van der Waals surface area contributed by atoms with E-state index < -0.39 is 40.6 Å². The molecule has 186 valence electrons. The first-order chi connectivity index (χ1) is 16.8. The molecular weight excluding hydrogens is 463 g/mol. The minimum absolute atomic E-state index is 0.0390. The molecule has 0 unspecified atom stereocenters. The zero-order chi connectivity index (χ0) is 25.1. The van der Waals surface area contributed by atoms with E-state index in [2.05, 4.69) is 6.92 Å². The van der Waals surface area contributed by atoms with Crippen LogP contribution in [0.15, 0.2) is 36.4 Å². The lowest BCUT2D eigenvalue weighted by molar-refractivity contribution is 0.0724. The third-order valence-electron chi connectivity index (χ3n) is 6.96. The molecule has 0 amide bonds. The molecule has 35 heavy (non-hydrogen) atoms. The molecule has 0 bridgehead atoms. The highest BCUT2D eigenvalue weighted by molar-refractivity contribution is 5.93. The molecule has 1 saturated carbocycles. The van der Waals surface area contributed by atoms with Crippen molar-refractivity contribution in [3.8, 4) is 5.75 Å². The van der Waals surface area contributed by atoms with E-state index in [-0.39, 0.29) is 22.4 Å². The van der Waals surface area contributed by atoms with E-state index in [9.17, 15) is 26.7 Å². The molecule has 1 aliphatic rings. The van der Waals surface area contributed by atoms with Crippen LogP contribution in [0.3, 0.4) is 0 Å². The summed E-state index contributed by atoms with van der Waals surface area (Å²) in [5.41, 5.74) is -0.305. The highest BCUT2D eigenvalue weighted by Gasteiger charge is 2.27. The Bertz CT molecular complexity index is 1210. The standard InChI is InChI=1S/C28H27F5O2/c1-2-3-4-5-16-6-8-17(9-7-16)18-13-22(29)25(23(30)14-18)28(34)35-20-10-11-21-19(12-20)15-24(31)27(33)26(21)32/h10-17H,2-9H2,1H3. The van der Waals surface area contributed by atoms with Crippen molar-refractivity contribution in [2.24, 2.45) is 5.92 Å². The van der Waals surface area contributed by atoms with Crippen molar-refractivity contribution in [2.75, 3.05) is 0 Å². The van der Waals surface area contributed by atoms with Crippen molar-refractivity contribution >= 4 is 16.7 Å². The lowest BCUT2D eigenvalue weighted by atomic mass is 9.77. The summed E-state index contributed by atoms with van der Waals surface area (Å²) in [7, 11) is 0.